The molecular weight excluding hydrogens is 339 g/mol. The van der Waals surface area contributed by atoms with Gasteiger partial charge >= 0.3 is 0 Å². The lowest BCUT2D eigenvalue weighted by Crippen LogP contribution is -2.29. The number of hydrogen-bond acceptors (Lipinski definition) is 2. The van der Waals surface area contributed by atoms with Crippen molar-refractivity contribution < 1.29 is 9.13 Å². The average Bonchev–Trinajstić information content (AvgIpc) is 2.95. The van der Waals surface area contributed by atoms with Crippen molar-refractivity contribution in [3.63, 3.8) is 0 Å². The second-order valence-corrected chi connectivity index (χ2v) is 6.71. The Morgan fingerprint density at radius 1 is 1.20 bits per heavy atom. The molecule has 0 radical (unpaired) electrons. The van der Waals surface area contributed by atoms with Crippen LogP contribution in [-0.4, -0.2) is 9.55 Å². The number of halogens is 2. The van der Waals surface area contributed by atoms with E-state index in [9.17, 15) is 4.39 Å². The van der Waals surface area contributed by atoms with Gasteiger partial charge in [-0.3, -0.25) is 0 Å². The molecule has 1 aliphatic rings. The van der Waals surface area contributed by atoms with Crippen LogP contribution in [0.3, 0.4) is 0 Å². The highest BCUT2D eigenvalue weighted by molar-refractivity contribution is 6.33. The van der Waals surface area contributed by atoms with Crippen molar-refractivity contribution in [1.82, 2.24) is 9.55 Å². The second kappa shape index (κ2) is 5.37. The zero-order valence-corrected chi connectivity index (χ0v) is 14.4. The van der Waals surface area contributed by atoms with Gasteiger partial charge in [0.25, 0.3) is 0 Å². The van der Waals surface area contributed by atoms with Crippen LogP contribution in [0.15, 0.2) is 42.5 Å². The number of rotatable bonds is 1. The predicted molar refractivity (Wildman–Crippen MR) is 96.0 cm³/mol. The number of benzene rings is 2. The number of aromatic nitrogens is 2. The second-order valence-electron chi connectivity index (χ2n) is 6.30. The average molecular weight is 353 g/mol. The van der Waals surface area contributed by atoms with Crippen LogP contribution in [0.25, 0.3) is 22.6 Å². The molecule has 0 saturated heterocycles. The van der Waals surface area contributed by atoms with Crippen LogP contribution < -0.4 is 4.74 Å². The molecule has 4 rings (SSSR count). The Labute approximate surface area is 150 Å². The molecule has 0 aliphatic carbocycles. The third-order valence-corrected chi connectivity index (χ3v) is 4.59. The van der Waals surface area contributed by atoms with Gasteiger partial charge in [-0.1, -0.05) is 36.2 Å². The molecule has 1 aromatic heterocycles. The number of para-hydroxylation sites is 1. The maximum absolute atomic E-state index is 14.5. The van der Waals surface area contributed by atoms with E-state index in [4.69, 9.17) is 22.8 Å². The van der Waals surface area contributed by atoms with Crippen molar-refractivity contribution >= 4 is 11.6 Å². The third kappa shape index (κ3) is 2.24. The Bertz CT molecular complexity index is 1030. The lowest BCUT2D eigenvalue weighted by molar-refractivity contribution is 0.101. The summed E-state index contributed by atoms with van der Waals surface area (Å²) >= 11 is 6.23. The number of terminal acetylenes is 1. The van der Waals surface area contributed by atoms with Crippen molar-refractivity contribution in [2.75, 3.05) is 0 Å². The molecule has 3 aromatic rings. The summed E-state index contributed by atoms with van der Waals surface area (Å²) in [7, 11) is 0. The molecular formula is C20H14ClFN2O. The molecule has 0 saturated carbocycles. The number of ether oxygens (including phenoxy) is 1. The normalized spacial score (nSPS) is 14.2. The number of hydrogen-bond donors (Lipinski definition) is 0. The van der Waals surface area contributed by atoms with Crippen molar-refractivity contribution in [1.29, 1.82) is 0 Å². The van der Waals surface area contributed by atoms with E-state index in [1.54, 1.807) is 16.7 Å². The molecule has 1 aliphatic heterocycles. The van der Waals surface area contributed by atoms with Crippen LogP contribution in [-0.2, 0) is 5.60 Å². The van der Waals surface area contributed by atoms with Crippen LogP contribution in [0.4, 0.5) is 4.39 Å². The molecule has 0 bridgehead atoms. The summed E-state index contributed by atoms with van der Waals surface area (Å²) in [6, 6.07) is 14.7. The molecule has 0 spiro atoms. The van der Waals surface area contributed by atoms with E-state index < -0.39 is 11.4 Å². The molecule has 0 unspecified atom stereocenters. The molecule has 3 nitrogen and oxygen atoms in total. The summed E-state index contributed by atoms with van der Waals surface area (Å²) < 4.78 is 22.1. The van der Waals surface area contributed by atoms with Crippen LogP contribution in [0, 0.1) is 18.3 Å². The fraction of sp³-hybridized carbons (Fsp3) is 0.150. The molecule has 2 aromatic carbocycles. The summed E-state index contributed by atoms with van der Waals surface area (Å²) in [6.45, 7) is 3.81. The Balaban J connectivity index is 2.11. The van der Waals surface area contributed by atoms with Crippen molar-refractivity contribution in [3.05, 3.63) is 59.0 Å². The van der Waals surface area contributed by atoms with E-state index in [1.165, 1.54) is 6.07 Å². The van der Waals surface area contributed by atoms with Gasteiger partial charge in [0.15, 0.2) is 5.82 Å². The fourth-order valence-corrected chi connectivity index (χ4v) is 3.42. The van der Waals surface area contributed by atoms with Gasteiger partial charge in [0.1, 0.15) is 22.9 Å². The maximum Gasteiger partial charge on any atom is 0.157 e. The highest BCUT2D eigenvalue weighted by Gasteiger charge is 2.38. The van der Waals surface area contributed by atoms with E-state index in [0.29, 0.717) is 17.3 Å². The minimum absolute atomic E-state index is 0.185. The van der Waals surface area contributed by atoms with Gasteiger partial charge in [0.2, 0.25) is 0 Å². The number of imidazole rings is 1. The van der Waals surface area contributed by atoms with E-state index in [-0.39, 0.29) is 10.6 Å². The Morgan fingerprint density at radius 3 is 2.68 bits per heavy atom. The zero-order valence-electron chi connectivity index (χ0n) is 13.7. The highest BCUT2D eigenvalue weighted by Crippen LogP contribution is 2.46. The van der Waals surface area contributed by atoms with Gasteiger partial charge in [0, 0.05) is 11.6 Å². The summed E-state index contributed by atoms with van der Waals surface area (Å²) in [5.74, 6) is 0.532. The molecule has 25 heavy (non-hydrogen) atoms. The number of fused-ring (bicyclic) bond motifs is 3. The summed E-state index contributed by atoms with van der Waals surface area (Å²) in [6.07, 6.45) is 5.77. The fourth-order valence-electron chi connectivity index (χ4n) is 3.17. The highest BCUT2D eigenvalue weighted by atomic mass is 35.5. The van der Waals surface area contributed by atoms with Gasteiger partial charge in [0.05, 0.1) is 16.3 Å². The Kier molecular flexibility index (Phi) is 3.38. The number of nitrogens with zero attached hydrogens (tertiary/aromatic N) is 2. The zero-order chi connectivity index (χ0) is 17.8. The Morgan fingerprint density at radius 2 is 1.96 bits per heavy atom. The van der Waals surface area contributed by atoms with Crippen molar-refractivity contribution in [3.8, 4) is 40.9 Å². The minimum atomic E-state index is -0.710. The van der Waals surface area contributed by atoms with Gasteiger partial charge in [-0.25, -0.2) is 13.9 Å². The first kappa shape index (κ1) is 15.7. The maximum atomic E-state index is 14.5. The monoisotopic (exact) mass is 352 g/mol. The first-order valence-corrected chi connectivity index (χ1v) is 8.14. The molecule has 5 heteroatoms. The molecule has 0 fully saturated rings. The summed E-state index contributed by atoms with van der Waals surface area (Å²) in [5, 5.41) is 0.255. The molecule has 2 heterocycles. The molecule has 0 amide bonds. The van der Waals surface area contributed by atoms with Crippen molar-refractivity contribution in [2.24, 2.45) is 0 Å². The van der Waals surface area contributed by atoms with Crippen molar-refractivity contribution in [2.45, 2.75) is 19.4 Å². The standard InChI is InChI=1S/C20H14ClFN2O/c1-4-24-17-12-8-5-6-11-15(12)25-20(2,3)18(17)23-19(24)16-13(21)9-7-10-14(16)22/h1,5-11H,2-3H3. The smallest absolute Gasteiger partial charge is 0.157 e. The van der Waals surface area contributed by atoms with E-state index in [0.717, 1.165) is 11.3 Å². The van der Waals surface area contributed by atoms with Crippen LogP contribution in [0.5, 0.6) is 5.75 Å². The third-order valence-electron chi connectivity index (χ3n) is 4.27. The van der Waals surface area contributed by atoms with Crippen LogP contribution in [0.2, 0.25) is 5.02 Å². The van der Waals surface area contributed by atoms with E-state index in [1.807, 2.05) is 38.1 Å². The summed E-state index contributed by atoms with van der Waals surface area (Å²) in [4.78, 5) is 4.64. The SMILES string of the molecule is C#Cn1c(-c2c(F)cccc2Cl)nc2c1-c1ccccc1OC2(C)C. The molecule has 0 N–H and O–H groups in total. The first-order valence-electron chi connectivity index (χ1n) is 7.76. The van der Waals surface area contributed by atoms with Crippen LogP contribution >= 0.6 is 11.6 Å². The quantitative estimate of drug-likeness (QED) is 0.571. The van der Waals surface area contributed by atoms with E-state index in [2.05, 4.69) is 11.0 Å². The topological polar surface area (TPSA) is 27.1 Å². The lowest BCUT2D eigenvalue weighted by Gasteiger charge is -2.31. The Hall–Kier alpha value is -2.77. The predicted octanol–water partition coefficient (Wildman–Crippen LogP) is 5.08. The lowest BCUT2D eigenvalue weighted by atomic mass is 9.95. The van der Waals surface area contributed by atoms with Gasteiger partial charge in [-0.2, -0.15) is 0 Å². The first-order chi connectivity index (χ1) is 11.9. The molecule has 0 atom stereocenters. The van der Waals surface area contributed by atoms with Gasteiger partial charge < -0.3 is 4.74 Å². The molecule has 124 valence electrons. The minimum Gasteiger partial charge on any atom is -0.481 e. The van der Waals surface area contributed by atoms with E-state index >= 15 is 0 Å². The van der Waals surface area contributed by atoms with Crippen LogP contribution in [0.1, 0.15) is 19.5 Å². The van der Waals surface area contributed by atoms with Gasteiger partial charge in [-0.15, -0.1) is 0 Å². The summed E-state index contributed by atoms with van der Waals surface area (Å²) in [5.41, 5.74) is 1.67. The largest absolute Gasteiger partial charge is 0.481 e. The van der Waals surface area contributed by atoms with Gasteiger partial charge in [-0.05, 0) is 38.1 Å².